The fourth-order valence-corrected chi connectivity index (χ4v) is 2.79. The molecule has 1 aromatic heterocycles. The molecule has 0 spiro atoms. The number of aromatic nitrogens is 2. The summed E-state index contributed by atoms with van der Waals surface area (Å²) in [6, 6.07) is 2.51. The highest BCUT2D eigenvalue weighted by Crippen LogP contribution is 2.28. The molecule has 2 aliphatic rings. The molecule has 1 saturated heterocycles. The zero-order valence-electron chi connectivity index (χ0n) is 12.8. The molecule has 1 saturated carbocycles. The van der Waals surface area contributed by atoms with Gasteiger partial charge in [0.05, 0.1) is 0 Å². The maximum Gasteiger partial charge on any atom is 0.224 e. The highest BCUT2D eigenvalue weighted by atomic mass is 35.5. The van der Waals surface area contributed by atoms with Crippen LogP contribution in [-0.2, 0) is 11.3 Å². The van der Waals surface area contributed by atoms with E-state index in [1.54, 1.807) is 6.20 Å². The Morgan fingerprint density at radius 3 is 2.50 bits per heavy atom. The van der Waals surface area contributed by atoms with Gasteiger partial charge < -0.3 is 10.2 Å². The summed E-state index contributed by atoms with van der Waals surface area (Å²) >= 11 is 0. The average molecular weight is 349 g/mol. The van der Waals surface area contributed by atoms with Crippen molar-refractivity contribution in [2.45, 2.75) is 44.7 Å². The summed E-state index contributed by atoms with van der Waals surface area (Å²) < 4.78 is 1.82. The molecule has 1 aliphatic carbocycles. The predicted octanol–water partition coefficient (Wildman–Crippen LogP) is 2.11. The fraction of sp³-hybridized carbons (Fsp3) is 0.733. The number of piperidine rings is 1. The fourth-order valence-electron chi connectivity index (χ4n) is 2.79. The molecule has 1 amide bonds. The van der Waals surface area contributed by atoms with Crippen LogP contribution in [0.4, 0.5) is 0 Å². The third kappa shape index (κ3) is 5.78. The van der Waals surface area contributed by atoms with Gasteiger partial charge in [0.2, 0.25) is 5.91 Å². The molecule has 2 heterocycles. The van der Waals surface area contributed by atoms with Gasteiger partial charge in [0, 0.05) is 44.5 Å². The molecule has 126 valence electrons. The number of hydrogen-bond acceptors (Lipinski definition) is 3. The minimum Gasteiger partial charge on any atom is -0.343 e. The van der Waals surface area contributed by atoms with Gasteiger partial charge in [-0.2, -0.15) is 5.10 Å². The SMILES string of the molecule is Cl.Cl.O=C(CCn1cccn1)N1CCC(NCC2CC2)CC1. The van der Waals surface area contributed by atoms with E-state index in [-0.39, 0.29) is 30.7 Å². The number of carbonyl (C=O) groups is 1. The lowest BCUT2D eigenvalue weighted by Gasteiger charge is -2.32. The Kier molecular flexibility index (Phi) is 8.21. The topological polar surface area (TPSA) is 50.2 Å². The lowest BCUT2D eigenvalue weighted by atomic mass is 10.0. The van der Waals surface area contributed by atoms with Gasteiger partial charge in [-0.25, -0.2) is 0 Å². The first-order chi connectivity index (χ1) is 9.81. The van der Waals surface area contributed by atoms with Gasteiger partial charge >= 0.3 is 0 Å². The maximum absolute atomic E-state index is 12.1. The smallest absolute Gasteiger partial charge is 0.224 e. The highest BCUT2D eigenvalue weighted by molar-refractivity contribution is 5.85. The van der Waals surface area contributed by atoms with Crippen molar-refractivity contribution in [3.05, 3.63) is 18.5 Å². The molecule has 0 unspecified atom stereocenters. The molecule has 5 nitrogen and oxygen atoms in total. The molecule has 0 aromatic carbocycles. The number of halogens is 2. The van der Waals surface area contributed by atoms with Crippen LogP contribution in [0.15, 0.2) is 18.5 Å². The number of carbonyl (C=O) groups excluding carboxylic acids is 1. The van der Waals surface area contributed by atoms with Crippen molar-refractivity contribution in [1.82, 2.24) is 20.0 Å². The van der Waals surface area contributed by atoms with Gasteiger partial charge in [0.15, 0.2) is 0 Å². The van der Waals surface area contributed by atoms with Crippen LogP contribution in [0.25, 0.3) is 0 Å². The van der Waals surface area contributed by atoms with Gasteiger partial charge in [-0.05, 0) is 44.2 Å². The number of nitrogens with one attached hydrogen (secondary N) is 1. The summed E-state index contributed by atoms with van der Waals surface area (Å²) in [7, 11) is 0. The van der Waals surface area contributed by atoms with Crippen molar-refractivity contribution in [1.29, 1.82) is 0 Å². The van der Waals surface area contributed by atoms with Crippen molar-refractivity contribution in [3.8, 4) is 0 Å². The van der Waals surface area contributed by atoms with Gasteiger partial charge in [-0.15, -0.1) is 24.8 Å². The second-order valence-electron chi connectivity index (χ2n) is 6.03. The van der Waals surface area contributed by atoms with Crippen LogP contribution >= 0.6 is 24.8 Å². The van der Waals surface area contributed by atoms with E-state index in [2.05, 4.69) is 10.4 Å². The first-order valence-corrected chi connectivity index (χ1v) is 7.80. The molecule has 1 aromatic rings. The molecule has 22 heavy (non-hydrogen) atoms. The van der Waals surface area contributed by atoms with E-state index in [1.807, 2.05) is 21.8 Å². The third-order valence-corrected chi connectivity index (χ3v) is 4.35. The van der Waals surface area contributed by atoms with Gasteiger partial charge in [0.1, 0.15) is 0 Å². The number of amides is 1. The Morgan fingerprint density at radius 2 is 1.91 bits per heavy atom. The summed E-state index contributed by atoms with van der Waals surface area (Å²) in [6.45, 7) is 3.67. The molecule has 1 aliphatic heterocycles. The van der Waals surface area contributed by atoms with Crippen molar-refractivity contribution in [2.75, 3.05) is 19.6 Å². The van der Waals surface area contributed by atoms with E-state index < -0.39 is 0 Å². The standard InChI is InChI=1S/C15H24N4O.2ClH/c20-15(6-11-19-8-1-7-17-19)18-9-4-14(5-10-18)16-12-13-2-3-13;;/h1,7-8,13-14,16H,2-6,9-12H2;2*1H. The van der Waals surface area contributed by atoms with E-state index >= 15 is 0 Å². The molecule has 0 atom stereocenters. The van der Waals surface area contributed by atoms with Gasteiger partial charge in [-0.1, -0.05) is 0 Å². The van der Waals surface area contributed by atoms with Crippen LogP contribution in [-0.4, -0.2) is 46.3 Å². The van der Waals surface area contributed by atoms with Crippen molar-refractivity contribution in [3.63, 3.8) is 0 Å². The van der Waals surface area contributed by atoms with Crippen LogP contribution in [0.3, 0.4) is 0 Å². The van der Waals surface area contributed by atoms with Gasteiger partial charge in [0.25, 0.3) is 0 Å². The molecule has 0 bridgehead atoms. The van der Waals surface area contributed by atoms with Crippen LogP contribution in [0.1, 0.15) is 32.1 Å². The average Bonchev–Trinajstić information content (AvgIpc) is 3.17. The Bertz CT molecular complexity index is 429. The molecule has 1 N–H and O–H groups in total. The normalized spacial score (nSPS) is 18.5. The molecule has 7 heteroatoms. The third-order valence-electron chi connectivity index (χ3n) is 4.35. The first-order valence-electron chi connectivity index (χ1n) is 7.80. The summed E-state index contributed by atoms with van der Waals surface area (Å²) in [6.07, 6.45) is 9.21. The lowest BCUT2D eigenvalue weighted by molar-refractivity contribution is -0.132. The zero-order valence-corrected chi connectivity index (χ0v) is 14.5. The first kappa shape index (κ1) is 19.3. The monoisotopic (exact) mass is 348 g/mol. The Labute approximate surface area is 144 Å². The van der Waals surface area contributed by atoms with Crippen molar-refractivity contribution in [2.24, 2.45) is 5.92 Å². The Morgan fingerprint density at radius 1 is 1.18 bits per heavy atom. The molecule has 3 rings (SSSR count). The van der Waals surface area contributed by atoms with E-state index in [9.17, 15) is 4.79 Å². The van der Waals surface area contributed by atoms with E-state index in [4.69, 9.17) is 0 Å². The van der Waals surface area contributed by atoms with E-state index in [0.29, 0.717) is 19.0 Å². The van der Waals surface area contributed by atoms with Crippen LogP contribution in [0.2, 0.25) is 0 Å². The van der Waals surface area contributed by atoms with E-state index in [0.717, 1.165) is 31.8 Å². The second kappa shape index (κ2) is 9.38. The Balaban J connectivity index is 0.00000121. The molecule has 2 fully saturated rings. The minimum atomic E-state index is 0. The largest absolute Gasteiger partial charge is 0.343 e. The Hall–Kier alpha value is -0.780. The maximum atomic E-state index is 12.1. The summed E-state index contributed by atoms with van der Waals surface area (Å²) in [4.78, 5) is 14.2. The highest BCUT2D eigenvalue weighted by Gasteiger charge is 2.25. The molecular formula is C15H26Cl2N4O. The molecular weight excluding hydrogens is 323 g/mol. The van der Waals surface area contributed by atoms with E-state index in [1.165, 1.54) is 19.4 Å². The lowest BCUT2D eigenvalue weighted by Crippen LogP contribution is -2.45. The van der Waals surface area contributed by atoms with Gasteiger partial charge in [-0.3, -0.25) is 9.48 Å². The van der Waals surface area contributed by atoms with Crippen LogP contribution in [0, 0.1) is 5.92 Å². The zero-order chi connectivity index (χ0) is 13.8. The van der Waals surface area contributed by atoms with Crippen molar-refractivity contribution >= 4 is 30.7 Å². The van der Waals surface area contributed by atoms with Crippen LogP contribution < -0.4 is 5.32 Å². The summed E-state index contributed by atoms with van der Waals surface area (Å²) in [5.74, 6) is 1.20. The number of rotatable bonds is 6. The number of aryl methyl sites for hydroxylation is 1. The van der Waals surface area contributed by atoms with Crippen molar-refractivity contribution < 1.29 is 4.79 Å². The second-order valence-corrected chi connectivity index (χ2v) is 6.03. The summed E-state index contributed by atoms with van der Waals surface area (Å²) in [5.41, 5.74) is 0. The predicted molar refractivity (Wildman–Crippen MR) is 91.7 cm³/mol. The molecule has 0 radical (unpaired) electrons. The quantitative estimate of drug-likeness (QED) is 0.856. The number of hydrogen-bond donors (Lipinski definition) is 1. The number of nitrogens with zero attached hydrogens (tertiary/aromatic N) is 3. The number of likely N-dealkylation sites (tertiary alicyclic amines) is 1. The minimum absolute atomic E-state index is 0. The summed E-state index contributed by atoms with van der Waals surface area (Å²) in [5, 5.41) is 7.77. The van der Waals surface area contributed by atoms with Crippen LogP contribution in [0.5, 0.6) is 0 Å².